The molecule has 0 bridgehead atoms. The first-order valence-electron chi connectivity index (χ1n) is 5.86. The number of nitrogens with two attached hydrogens (primary N) is 1. The van der Waals surface area contributed by atoms with Crippen LogP contribution in [0.5, 0.6) is 5.75 Å². The first-order chi connectivity index (χ1) is 9.03. The van der Waals surface area contributed by atoms with Crippen molar-refractivity contribution in [2.45, 2.75) is 19.4 Å². The van der Waals surface area contributed by atoms with Crippen LogP contribution in [0.25, 0.3) is 0 Å². The Labute approximate surface area is 110 Å². The minimum absolute atomic E-state index is 0.118. The molecule has 0 aliphatic carbocycles. The van der Waals surface area contributed by atoms with Gasteiger partial charge in [-0.15, -0.1) is 0 Å². The fourth-order valence-corrected chi connectivity index (χ4v) is 1.57. The highest BCUT2D eigenvalue weighted by molar-refractivity contribution is 5.95. The molecule has 0 heterocycles. The third-order valence-corrected chi connectivity index (χ3v) is 2.75. The van der Waals surface area contributed by atoms with Crippen LogP contribution in [0.1, 0.15) is 23.7 Å². The van der Waals surface area contributed by atoms with Gasteiger partial charge in [-0.3, -0.25) is 14.9 Å². The fraction of sp³-hybridized carbons (Fsp3) is 0.417. The molecule has 1 rings (SSSR count). The highest BCUT2D eigenvalue weighted by Gasteiger charge is 2.19. The maximum absolute atomic E-state index is 11.9. The van der Waals surface area contributed by atoms with E-state index >= 15 is 0 Å². The van der Waals surface area contributed by atoms with Crippen LogP contribution in [0.3, 0.4) is 0 Å². The minimum Gasteiger partial charge on any atom is -0.490 e. The number of nitro groups is 1. The standard InChI is InChI=1S/C12H17N3O4/c1-3-9(7-13)14-12(16)8-4-5-11(19-2)10(6-8)15(17)18/h4-6,9H,3,7,13H2,1-2H3,(H,14,16). The second kappa shape index (κ2) is 6.69. The van der Waals surface area contributed by atoms with Crippen LogP contribution in [0.15, 0.2) is 18.2 Å². The predicted molar refractivity (Wildman–Crippen MR) is 70.2 cm³/mol. The van der Waals surface area contributed by atoms with Gasteiger partial charge in [-0.25, -0.2) is 0 Å². The second-order valence-corrected chi connectivity index (χ2v) is 3.96. The summed E-state index contributed by atoms with van der Waals surface area (Å²) in [6.07, 6.45) is 0.695. The van der Waals surface area contributed by atoms with Gasteiger partial charge in [0, 0.05) is 24.2 Å². The van der Waals surface area contributed by atoms with Gasteiger partial charge in [0.1, 0.15) is 0 Å². The smallest absolute Gasteiger partial charge is 0.311 e. The molecular formula is C12H17N3O4. The fourth-order valence-electron chi connectivity index (χ4n) is 1.57. The van der Waals surface area contributed by atoms with Gasteiger partial charge >= 0.3 is 5.69 Å². The minimum atomic E-state index is -0.587. The lowest BCUT2D eigenvalue weighted by molar-refractivity contribution is -0.385. The molecule has 3 N–H and O–H groups in total. The number of nitro benzene ring substituents is 1. The molecule has 0 aromatic heterocycles. The lowest BCUT2D eigenvalue weighted by Crippen LogP contribution is -2.39. The van der Waals surface area contributed by atoms with Crippen LogP contribution >= 0.6 is 0 Å². The first-order valence-corrected chi connectivity index (χ1v) is 5.86. The third kappa shape index (κ3) is 3.65. The van der Waals surface area contributed by atoms with Gasteiger partial charge in [-0.05, 0) is 18.6 Å². The first kappa shape index (κ1) is 14.9. The number of rotatable bonds is 6. The molecular weight excluding hydrogens is 250 g/mol. The van der Waals surface area contributed by atoms with E-state index in [-0.39, 0.29) is 28.9 Å². The van der Waals surface area contributed by atoms with Gasteiger partial charge in [-0.2, -0.15) is 0 Å². The molecule has 1 atom stereocenters. The molecule has 1 amide bonds. The van der Waals surface area contributed by atoms with E-state index in [1.807, 2.05) is 6.92 Å². The zero-order chi connectivity index (χ0) is 14.4. The normalized spacial score (nSPS) is 11.7. The molecule has 19 heavy (non-hydrogen) atoms. The Morgan fingerprint density at radius 3 is 2.74 bits per heavy atom. The van der Waals surface area contributed by atoms with Gasteiger partial charge < -0.3 is 15.8 Å². The van der Waals surface area contributed by atoms with E-state index in [0.29, 0.717) is 13.0 Å². The Kier molecular flexibility index (Phi) is 5.25. The Bertz CT molecular complexity index is 472. The zero-order valence-electron chi connectivity index (χ0n) is 10.9. The summed E-state index contributed by atoms with van der Waals surface area (Å²) in [5.41, 5.74) is 5.46. The van der Waals surface area contributed by atoms with Crippen LogP contribution in [0.4, 0.5) is 5.69 Å². The summed E-state index contributed by atoms with van der Waals surface area (Å²) >= 11 is 0. The van der Waals surface area contributed by atoms with Crippen molar-refractivity contribution in [2.24, 2.45) is 5.73 Å². The largest absolute Gasteiger partial charge is 0.490 e. The van der Waals surface area contributed by atoms with E-state index in [4.69, 9.17) is 10.5 Å². The molecule has 0 aliphatic rings. The van der Waals surface area contributed by atoms with Crippen LogP contribution in [0, 0.1) is 10.1 Å². The van der Waals surface area contributed by atoms with Gasteiger partial charge in [0.05, 0.1) is 12.0 Å². The Morgan fingerprint density at radius 1 is 1.58 bits per heavy atom. The zero-order valence-corrected chi connectivity index (χ0v) is 10.9. The topological polar surface area (TPSA) is 107 Å². The number of methoxy groups -OCH3 is 1. The summed E-state index contributed by atoms with van der Waals surface area (Å²) in [4.78, 5) is 22.2. The van der Waals surface area contributed by atoms with E-state index in [9.17, 15) is 14.9 Å². The van der Waals surface area contributed by atoms with Crippen molar-refractivity contribution in [2.75, 3.05) is 13.7 Å². The van der Waals surface area contributed by atoms with E-state index < -0.39 is 4.92 Å². The number of carbonyl (C=O) groups is 1. The summed E-state index contributed by atoms with van der Waals surface area (Å²) in [6.45, 7) is 2.22. The number of ether oxygens (including phenoxy) is 1. The van der Waals surface area contributed by atoms with Gasteiger partial charge in [-0.1, -0.05) is 6.92 Å². The maximum Gasteiger partial charge on any atom is 0.311 e. The van der Waals surface area contributed by atoms with Crippen molar-refractivity contribution in [3.63, 3.8) is 0 Å². The number of hydrogen-bond acceptors (Lipinski definition) is 5. The van der Waals surface area contributed by atoms with Crippen molar-refractivity contribution in [1.82, 2.24) is 5.32 Å². The van der Waals surface area contributed by atoms with E-state index in [2.05, 4.69) is 5.32 Å². The monoisotopic (exact) mass is 267 g/mol. The molecule has 1 aromatic carbocycles. The molecule has 7 nitrogen and oxygen atoms in total. The summed E-state index contributed by atoms with van der Waals surface area (Å²) in [5.74, 6) is -0.268. The number of amides is 1. The van der Waals surface area contributed by atoms with Crippen molar-refractivity contribution in [3.8, 4) is 5.75 Å². The van der Waals surface area contributed by atoms with E-state index in [1.54, 1.807) is 0 Å². The molecule has 0 fully saturated rings. The number of nitrogens with zero attached hydrogens (tertiary/aromatic N) is 1. The van der Waals surface area contributed by atoms with Crippen LogP contribution in [-0.2, 0) is 0 Å². The highest BCUT2D eigenvalue weighted by atomic mass is 16.6. The lowest BCUT2D eigenvalue weighted by Gasteiger charge is -2.14. The molecule has 7 heteroatoms. The van der Waals surface area contributed by atoms with Crippen LogP contribution < -0.4 is 15.8 Å². The number of benzene rings is 1. The van der Waals surface area contributed by atoms with Gasteiger partial charge in [0.2, 0.25) is 0 Å². The number of nitrogens with one attached hydrogen (secondary N) is 1. The Balaban J connectivity index is 2.98. The Morgan fingerprint density at radius 2 is 2.26 bits per heavy atom. The summed E-state index contributed by atoms with van der Waals surface area (Å²) < 4.78 is 4.87. The van der Waals surface area contributed by atoms with E-state index in [1.165, 1.54) is 25.3 Å². The summed E-state index contributed by atoms with van der Waals surface area (Å²) in [6, 6.07) is 3.92. The van der Waals surface area contributed by atoms with Crippen molar-refractivity contribution < 1.29 is 14.5 Å². The molecule has 104 valence electrons. The number of carbonyl (C=O) groups excluding carboxylic acids is 1. The molecule has 0 saturated carbocycles. The quantitative estimate of drug-likeness (QED) is 0.592. The molecule has 1 unspecified atom stereocenters. The SMILES string of the molecule is CCC(CN)NC(=O)c1ccc(OC)c([N+](=O)[O-])c1. The number of hydrogen-bond donors (Lipinski definition) is 2. The van der Waals surface area contributed by atoms with Gasteiger partial charge in [0.15, 0.2) is 5.75 Å². The Hall–Kier alpha value is -2.15. The molecule has 0 saturated heterocycles. The average molecular weight is 267 g/mol. The predicted octanol–water partition coefficient (Wildman–Crippen LogP) is 1.07. The lowest BCUT2D eigenvalue weighted by atomic mass is 10.1. The average Bonchev–Trinajstić information content (AvgIpc) is 2.43. The highest BCUT2D eigenvalue weighted by Crippen LogP contribution is 2.27. The van der Waals surface area contributed by atoms with Crippen molar-refractivity contribution in [1.29, 1.82) is 0 Å². The van der Waals surface area contributed by atoms with Crippen LogP contribution in [0.2, 0.25) is 0 Å². The summed E-state index contributed by atoms with van der Waals surface area (Å²) in [5, 5.41) is 13.6. The second-order valence-electron chi connectivity index (χ2n) is 3.96. The molecule has 0 radical (unpaired) electrons. The van der Waals surface area contributed by atoms with E-state index in [0.717, 1.165) is 0 Å². The molecule has 0 aliphatic heterocycles. The third-order valence-electron chi connectivity index (χ3n) is 2.75. The van der Waals surface area contributed by atoms with Gasteiger partial charge in [0.25, 0.3) is 5.91 Å². The molecule has 1 aromatic rings. The van der Waals surface area contributed by atoms with Crippen molar-refractivity contribution >= 4 is 11.6 Å². The molecule has 0 spiro atoms. The van der Waals surface area contributed by atoms with Crippen LogP contribution in [-0.4, -0.2) is 30.5 Å². The summed E-state index contributed by atoms with van der Waals surface area (Å²) in [7, 11) is 1.34. The van der Waals surface area contributed by atoms with Crippen molar-refractivity contribution in [3.05, 3.63) is 33.9 Å². The maximum atomic E-state index is 11.9.